The minimum atomic E-state index is -4.85. The van der Waals surface area contributed by atoms with Gasteiger partial charge in [-0.2, -0.15) is 13.2 Å². The second-order valence-electron chi connectivity index (χ2n) is 6.15. The van der Waals surface area contributed by atoms with E-state index >= 15 is 0 Å². The molecule has 4 aromatic rings. The van der Waals surface area contributed by atoms with Crippen molar-refractivity contribution in [3.05, 3.63) is 75.7 Å². The van der Waals surface area contributed by atoms with Crippen LogP contribution >= 0.6 is 11.6 Å². The molecule has 0 aliphatic carbocycles. The first-order valence-electron chi connectivity index (χ1n) is 8.23. The lowest BCUT2D eigenvalue weighted by Gasteiger charge is -2.16. The quantitative estimate of drug-likeness (QED) is 0.383. The molecule has 0 bridgehead atoms. The molecule has 0 atom stereocenters. The standard InChI is InChI=1S/C19H11ClF4N4O/c20-9-1-2-13(21)11(7-9)12-8-15(16(19(22,23)24)28-18(12)29)27-14-4-6-26-17-10(14)3-5-25-17/h1-8H,(H,28,29)(H2,25,26,27). The van der Waals surface area contributed by atoms with Crippen LogP contribution in [0, 0.1) is 5.82 Å². The number of halogens is 5. The maximum absolute atomic E-state index is 14.2. The summed E-state index contributed by atoms with van der Waals surface area (Å²) in [4.78, 5) is 21.1. The van der Waals surface area contributed by atoms with Gasteiger partial charge in [-0.05, 0) is 36.4 Å². The summed E-state index contributed by atoms with van der Waals surface area (Å²) in [5, 5.41) is 3.36. The van der Waals surface area contributed by atoms with E-state index < -0.39 is 28.9 Å². The minimum absolute atomic E-state index is 0.137. The van der Waals surface area contributed by atoms with E-state index in [1.165, 1.54) is 24.4 Å². The monoisotopic (exact) mass is 422 g/mol. The number of alkyl halides is 3. The number of benzene rings is 1. The average molecular weight is 423 g/mol. The summed E-state index contributed by atoms with van der Waals surface area (Å²) >= 11 is 5.86. The predicted molar refractivity (Wildman–Crippen MR) is 102 cm³/mol. The SMILES string of the molecule is O=c1[nH]c(C(F)(F)F)c(Nc2ccnc3[nH]ccc23)cc1-c1cc(Cl)ccc1F. The molecule has 4 rings (SSSR count). The third-order valence-corrected chi connectivity index (χ3v) is 4.51. The Morgan fingerprint density at radius 2 is 1.83 bits per heavy atom. The summed E-state index contributed by atoms with van der Waals surface area (Å²) in [6.07, 6.45) is -1.85. The molecule has 1 aromatic carbocycles. The molecule has 0 spiro atoms. The molecular formula is C19H11ClF4N4O. The van der Waals surface area contributed by atoms with Crippen molar-refractivity contribution in [2.75, 3.05) is 5.32 Å². The zero-order valence-corrected chi connectivity index (χ0v) is 15.1. The molecule has 0 saturated carbocycles. The lowest BCUT2D eigenvalue weighted by Crippen LogP contribution is -2.20. The summed E-state index contributed by atoms with van der Waals surface area (Å²) < 4.78 is 54.8. The van der Waals surface area contributed by atoms with Crippen LogP contribution in [0.25, 0.3) is 22.2 Å². The maximum Gasteiger partial charge on any atom is 0.433 e. The summed E-state index contributed by atoms with van der Waals surface area (Å²) in [5.74, 6) is -0.789. The normalized spacial score (nSPS) is 11.8. The van der Waals surface area contributed by atoms with Crippen molar-refractivity contribution < 1.29 is 17.6 Å². The first-order chi connectivity index (χ1) is 13.7. The van der Waals surface area contributed by atoms with Crippen LogP contribution in [0.4, 0.5) is 28.9 Å². The third kappa shape index (κ3) is 3.56. The first-order valence-corrected chi connectivity index (χ1v) is 8.61. The van der Waals surface area contributed by atoms with Gasteiger partial charge in [0.15, 0.2) is 0 Å². The summed E-state index contributed by atoms with van der Waals surface area (Å²) in [6, 6.07) is 7.57. The molecule has 0 saturated heterocycles. The van der Waals surface area contributed by atoms with Crippen LogP contribution in [0.1, 0.15) is 5.69 Å². The summed E-state index contributed by atoms with van der Waals surface area (Å²) in [6.45, 7) is 0. The second-order valence-corrected chi connectivity index (χ2v) is 6.58. The molecule has 3 aromatic heterocycles. The fourth-order valence-electron chi connectivity index (χ4n) is 2.97. The minimum Gasteiger partial charge on any atom is -0.353 e. The van der Waals surface area contributed by atoms with E-state index in [-0.39, 0.29) is 16.1 Å². The van der Waals surface area contributed by atoms with E-state index in [4.69, 9.17) is 11.6 Å². The zero-order valence-electron chi connectivity index (χ0n) is 14.4. The third-order valence-electron chi connectivity index (χ3n) is 4.27. The van der Waals surface area contributed by atoms with Gasteiger partial charge in [-0.15, -0.1) is 0 Å². The molecule has 29 heavy (non-hydrogen) atoms. The van der Waals surface area contributed by atoms with Crippen molar-refractivity contribution >= 4 is 34.0 Å². The van der Waals surface area contributed by atoms with Gasteiger partial charge in [-0.3, -0.25) is 4.79 Å². The van der Waals surface area contributed by atoms with Gasteiger partial charge in [-0.25, -0.2) is 9.37 Å². The highest BCUT2D eigenvalue weighted by molar-refractivity contribution is 6.30. The van der Waals surface area contributed by atoms with Crippen molar-refractivity contribution in [3.8, 4) is 11.1 Å². The van der Waals surface area contributed by atoms with Crippen molar-refractivity contribution in [2.45, 2.75) is 6.18 Å². The van der Waals surface area contributed by atoms with Crippen molar-refractivity contribution in [1.29, 1.82) is 0 Å². The van der Waals surface area contributed by atoms with Crippen LogP contribution < -0.4 is 10.9 Å². The van der Waals surface area contributed by atoms with Crippen LogP contribution in [0.5, 0.6) is 0 Å². The zero-order chi connectivity index (χ0) is 20.8. The lowest BCUT2D eigenvalue weighted by atomic mass is 10.0. The molecular weight excluding hydrogens is 412 g/mol. The van der Waals surface area contributed by atoms with Crippen molar-refractivity contribution in [2.24, 2.45) is 0 Å². The number of fused-ring (bicyclic) bond motifs is 1. The molecule has 0 fully saturated rings. The maximum atomic E-state index is 14.2. The van der Waals surface area contributed by atoms with Crippen molar-refractivity contribution in [1.82, 2.24) is 15.0 Å². The molecule has 5 nitrogen and oxygen atoms in total. The highest BCUT2D eigenvalue weighted by Crippen LogP contribution is 2.37. The number of hydrogen-bond donors (Lipinski definition) is 3. The van der Waals surface area contributed by atoms with Crippen LogP contribution in [-0.4, -0.2) is 15.0 Å². The largest absolute Gasteiger partial charge is 0.433 e. The predicted octanol–water partition coefficient (Wildman–Crippen LogP) is 5.47. The van der Waals surface area contributed by atoms with Crippen LogP contribution in [0.15, 0.2) is 53.6 Å². The van der Waals surface area contributed by atoms with Gasteiger partial charge in [0.05, 0.1) is 16.9 Å². The van der Waals surface area contributed by atoms with Crippen LogP contribution in [-0.2, 0) is 6.18 Å². The Balaban J connectivity index is 1.92. The van der Waals surface area contributed by atoms with E-state index in [1.807, 2.05) is 4.98 Å². The van der Waals surface area contributed by atoms with E-state index in [0.717, 1.165) is 12.1 Å². The number of aromatic amines is 2. The number of aromatic nitrogens is 3. The molecule has 0 aliphatic heterocycles. The molecule has 148 valence electrons. The number of rotatable bonds is 3. The fourth-order valence-corrected chi connectivity index (χ4v) is 3.14. The Morgan fingerprint density at radius 1 is 1.03 bits per heavy atom. The van der Waals surface area contributed by atoms with E-state index in [9.17, 15) is 22.4 Å². The number of H-pyrrole nitrogens is 2. The number of nitrogens with one attached hydrogen (secondary N) is 3. The highest BCUT2D eigenvalue weighted by atomic mass is 35.5. The Bertz CT molecular complexity index is 1280. The van der Waals surface area contributed by atoms with Gasteiger partial charge >= 0.3 is 6.18 Å². The van der Waals surface area contributed by atoms with Gasteiger partial charge in [0, 0.05) is 28.4 Å². The Labute approximate surface area is 165 Å². The topological polar surface area (TPSA) is 73.6 Å². The van der Waals surface area contributed by atoms with Crippen LogP contribution in [0.2, 0.25) is 5.02 Å². The Kier molecular flexibility index (Phi) is 4.54. The van der Waals surface area contributed by atoms with Gasteiger partial charge < -0.3 is 15.3 Å². The van der Waals surface area contributed by atoms with E-state index in [0.29, 0.717) is 16.7 Å². The lowest BCUT2D eigenvalue weighted by molar-refractivity contribution is -0.140. The highest BCUT2D eigenvalue weighted by Gasteiger charge is 2.36. The number of hydrogen-bond acceptors (Lipinski definition) is 3. The molecule has 10 heteroatoms. The number of anilines is 2. The molecule has 0 radical (unpaired) electrons. The van der Waals surface area contributed by atoms with Crippen molar-refractivity contribution in [3.63, 3.8) is 0 Å². The second kappa shape index (κ2) is 6.93. The van der Waals surface area contributed by atoms with Gasteiger partial charge in [0.2, 0.25) is 0 Å². The summed E-state index contributed by atoms with van der Waals surface area (Å²) in [5.41, 5.74) is -2.53. The fraction of sp³-hybridized carbons (Fsp3) is 0.0526. The first kappa shape index (κ1) is 19.0. The number of pyridine rings is 2. The van der Waals surface area contributed by atoms with E-state index in [1.54, 1.807) is 12.3 Å². The van der Waals surface area contributed by atoms with Crippen LogP contribution in [0.3, 0.4) is 0 Å². The Hall–Kier alpha value is -3.33. The van der Waals surface area contributed by atoms with Gasteiger partial charge in [0.1, 0.15) is 17.2 Å². The van der Waals surface area contributed by atoms with Gasteiger partial charge in [0.25, 0.3) is 5.56 Å². The number of nitrogens with zero attached hydrogens (tertiary/aromatic N) is 1. The molecule has 0 unspecified atom stereocenters. The van der Waals surface area contributed by atoms with Gasteiger partial charge in [-0.1, -0.05) is 11.6 Å². The Morgan fingerprint density at radius 3 is 2.59 bits per heavy atom. The summed E-state index contributed by atoms with van der Waals surface area (Å²) in [7, 11) is 0. The van der Waals surface area contributed by atoms with E-state index in [2.05, 4.69) is 15.3 Å². The molecule has 0 amide bonds. The average Bonchev–Trinajstić information content (AvgIpc) is 3.14. The molecule has 3 N–H and O–H groups in total. The smallest absolute Gasteiger partial charge is 0.353 e. The molecule has 3 heterocycles. The molecule has 0 aliphatic rings.